The molecule has 0 spiro atoms. The predicted molar refractivity (Wildman–Crippen MR) is 119 cm³/mol. The molecule has 0 saturated carbocycles. The van der Waals surface area contributed by atoms with Crippen molar-refractivity contribution in [2.45, 2.75) is 25.9 Å². The lowest BCUT2D eigenvalue weighted by molar-refractivity contribution is -0.150. The lowest BCUT2D eigenvalue weighted by Gasteiger charge is -2.32. The van der Waals surface area contributed by atoms with Crippen molar-refractivity contribution in [3.05, 3.63) is 65.0 Å². The van der Waals surface area contributed by atoms with Gasteiger partial charge < -0.3 is 18.8 Å². The van der Waals surface area contributed by atoms with E-state index in [0.29, 0.717) is 37.3 Å². The van der Waals surface area contributed by atoms with Crippen molar-refractivity contribution in [2.75, 3.05) is 20.2 Å². The number of benzene rings is 2. The number of likely N-dealkylation sites (tertiary alicyclic amines) is 1. The number of piperidine rings is 1. The first-order valence-electron chi connectivity index (χ1n) is 10.6. The molecule has 0 bridgehead atoms. The van der Waals surface area contributed by atoms with Crippen LogP contribution in [0.15, 0.2) is 63.8 Å². The van der Waals surface area contributed by atoms with E-state index in [0.717, 1.165) is 16.5 Å². The van der Waals surface area contributed by atoms with Crippen LogP contribution in [0.3, 0.4) is 0 Å². The van der Waals surface area contributed by atoms with E-state index in [1.807, 2.05) is 36.4 Å². The van der Waals surface area contributed by atoms with E-state index in [9.17, 15) is 14.4 Å². The third-order valence-corrected chi connectivity index (χ3v) is 5.80. The van der Waals surface area contributed by atoms with Crippen LogP contribution < -0.4 is 10.4 Å². The highest BCUT2D eigenvalue weighted by Gasteiger charge is 2.30. The van der Waals surface area contributed by atoms with Gasteiger partial charge in [-0.2, -0.15) is 0 Å². The lowest BCUT2D eigenvalue weighted by Crippen LogP contribution is -2.45. The van der Waals surface area contributed by atoms with E-state index in [1.54, 1.807) is 24.0 Å². The van der Waals surface area contributed by atoms with E-state index in [1.165, 1.54) is 13.2 Å². The predicted octanol–water partition coefficient (Wildman–Crippen LogP) is 3.64. The molecule has 3 aromatic rings. The first-order chi connectivity index (χ1) is 15.5. The van der Waals surface area contributed by atoms with Gasteiger partial charge in [-0.3, -0.25) is 9.59 Å². The third-order valence-electron chi connectivity index (χ3n) is 5.80. The number of amides is 1. The SMILES string of the molecule is COC(=O)C1CCN(C(=O)C(C)Oc2ccc3c(-c4ccccc4)cc(=O)oc3c2)CC1. The summed E-state index contributed by atoms with van der Waals surface area (Å²) in [5, 5.41) is 0.784. The average molecular weight is 435 g/mol. The highest BCUT2D eigenvalue weighted by molar-refractivity contribution is 5.93. The smallest absolute Gasteiger partial charge is 0.336 e. The van der Waals surface area contributed by atoms with Gasteiger partial charge in [-0.1, -0.05) is 30.3 Å². The molecule has 2 aromatic carbocycles. The molecule has 0 aliphatic carbocycles. The summed E-state index contributed by atoms with van der Waals surface area (Å²) < 4.78 is 16.1. The van der Waals surface area contributed by atoms with Crippen LogP contribution in [0, 0.1) is 5.92 Å². The molecular formula is C25H25NO6. The summed E-state index contributed by atoms with van der Waals surface area (Å²) >= 11 is 0. The van der Waals surface area contributed by atoms with Gasteiger partial charge >= 0.3 is 11.6 Å². The van der Waals surface area contributed by atoms with Gasteiger partial charge in [0.1, 0.15) is 11.3 Å². The number of hydrogen-bond donors (Lipinski definition) is 0. The number of carbonyl (C=O) groups excluding carboxylic acids is 2. The normalized spacial score (nSPS) is 15.4. The lowest BCUT2D eigenvalue weighted by atomic mass is 9.97. The molecule has 7 heteroatoms. The molecule has 1 fully saturated rings. The van der Waals surface area contributed by atoms with Crippen LogP contribution >= 0.6 is 0 Å². The second-order valence-electron chi connectivity index (χ2n) is 7.89. The monoisotopic (exact) mass is 435 g/mol. The Labute approximate surface area is 185 Å². The van der Waals surface area contributed by atoms with E-state index in [4.69, 9.17) is 13.9 Å². The molecule has 1 unspecified atom stereocenters. The number of fused-ring (bicyclic) bond motifs is 1. The number of nitrogens with zero attached hydrogens (tertiary/aromatic N) is 1. The molecule has 1 saturated heterocycles. The summed E-state index contributed by atoms with van der Waals surface area (Å²) in [5.74, 6) is -0.0968. The molecule has 1 atom stereocenters. The number of ether oxygens (including phenoxy) is 2. The highest BCUT2D eigenvalue weighted by atomic mass is 16.5. The molecule has 7 nitrogen and oxygen atoms in total. The van der Waals surface area contributed by atoms with Crippen LogP contribution in [-0.2, 0) is 14.3 Å². The largest absolute Gasteiger partial charge is 0.481 e. The molecule has 0 radical (unpaired) electrons. The van der Waals surface area contributed by atoms with Crippen molar-refractivity contribution in [2.24, 2.45) is 5.92 Å². The van der Waals surface area contributed by atoms with Gasteiger partial charge in [-0.15, -0.1) is 0 Å². The zero-order valence-electron chi connectivity index (χ0n) is 18.1. The Bertz CT molecular complexity index is 1180. The molecule has 1 aliphatic rings. The molecule has 2 heterocycles. The quantitative estimate of drug-likeness (QED) is 0.449. The Morgan fingerprint density at radius 1 is 1.06 bits per heavy atom. The molecule has 1 aliphatic heterocycles. The van der Waals surface area contributed by atoms with Gasteiger partial charge in [0.15, 0.2) is 6.10 Å². The number of methoxy groups -OCH3 is 1. The number of esters is 1. The third kappa shape index (κ3) is 4.51. The molecule has 1 amide bonds. The minimum absolute atomic E-state index is 0.145. The molecule has 4 rings (SSSR count). The Hall–Kier alpha value is -3.61. The average Bonchev–Trinajstić information content (AvgIpc) is 2.83. The summed E-state index contributed by atoms with van der Waals surface area (Å²) in [6.07, 6.45) is 0.439. The van der Waals surface area contributed by atoms with Gasteiger partial charge in [0.2, 0.25) is 0 Å². The Kier molecular flexibility index (Phi) is 6.25. The van der Waals surface area contributed by atoms with Gasteiger partial charge in [-0.05, 0) is 43.0 Å². The van der Waals surface area contributed by atoms with Crippen LogP contribution in [-0.4, -0.2) is 43.1 Å². The van der Waals surface area contributed by atoms with E-state index >= 15 is 0 Å². The fourth-order valence-electron chi connectivity index (χ4n) is 4.09. The van der Waals surface area contributed by atoms with Crippen LogP contribution in [0.2, 0.25) is 0 Å². The zero-order chi connectivity index (χ0) is 22.7. The van der Waals surface area contributed by atoms with E-state index in [-0.39, 0.29) is 17.8 Å². The second-order valence-corrected chi connectivity index (χ2v) is 7.89. The number of carbonyl (C=O) groups is 2. The van der Waals surface area contributed by atoms with Gasteiger partial charge in [0.05, 0.1) is 13.0 Å². The molecular weight excluding hydrogens is 410 g/mol. The van der Waals surface area contributed by atoms with Crippen LogP contribution in [0.25, 0.3) is 22.1 Å². The van der Waals surface area contributed by atoms with Crippen LogP contribution in [0.5, 0.6) is 5.75 Å². The Balaban J connectivity index is 1.49. The van der Waals surface area contributed by atoms with Crippen molar-refractivity contribution in [3.63, 3.8) is 0 Å². The first kappa shape index (κ1) is 21.6. The molecule has 0 N–H and O–H groups in total. The van der Waals surface area contributed by atoms with Crippen molar-refractivity contribution in [3.8, 4) is 16.9 Å². The molecule has 32 heavy (non-hydrogen) atoms. The minimum Gasteiger partial charge on any atom is -0.481 e. The Morgan fingerprint density at radius 3 is 2.47 bits per heavy atom. The Morgan fingerprint density at radius 2 is 1.78 bits per heavy atom. The molecule has 166 valence electrons. The summed E-state index contributed by atoms with van der Waals surface area (Å²) in [4.78, 5) is 38.3. The van der Waals surface area contributed by atoms with Gasteiger partial charge in [-0.25, -0.2) is 4.79 Å². The fraction of sp³-hybridized carbons (Fsp3) is 0.320. The zero-order valence-corrected chi connectivity index (χ0v) is 18.1. The van der Waals surface area contributed by atoms with Crippen molar-refractivity contribution in [1.29, 1.82) is 0 Å². The van der Waals surface area contributed by atoms with Crippen molar-refractivity contribution >= 4 is 22.8 Å². The van der Waals surface area contributed by atoms with Crippen molar-refractivity contribution < 1.29 is 23.5 Å². The number of rotatable bonds is 5. The van der Waals surface area contributed by atoms with Gasteiger partial charge in [0.25, 0.3) is 5.91 Å². The summed E-state index contributed by atoms with van der Waals surface area (Å²) in [6, 6.07) is 16.3. The highest BCUT2D eigenvalue weighted by Crippen LogP contribution is 2.30. The van der Waals surface area contributed by atoms with Crippen LogP contribution in [0.1, 0.15) is 19.8 Å². The van der Waals surface area contributed by atoms with Gasteiger partial charge in [0, 0.05) is 30.6 Å². The summed E-state index contributed by atoms with van der Waals surface area (Å²) in [7, 11) is 1.38. The number of hydrogen-bond acceptors (Lipinski definition) is 6. The standard InChI is InChI=1S/C25H25NO6/c1-16(24(28)26-12-10-18(11-13-26)25(29)30-2)31-19-8-9-20-21(17-6-4-3-5-7-17)15-23(27)32-22(20)14-19/h3-9,14-16,18H,10-13H2,1-2H3. The maximum Gasteiger partial charge on any atom is 0.336 e. The summed E-state index contributed by atoms with van der Waals surface area (Å²) in [5.41, 5.74) is 1.64. The van der Waals surface area contributed by atoms with Crippen molar-refractivity contribution in [1.82, 2.24) is 4.90 Å². The topological polar surface area (TPSA) is 86.0 Å². The maximum absolute atomic E-state index is 12.8. The van der Waals surface area contributed by atoms with E-state index < -0.39 is 11.7 Å². The summed E-state index contributed by atoms with van der Waals surface area (Å²) in [6.45, 7) is 2.66. The second kappa shape index (κ2) is 9.26. The minimum atomic E-state index is -0.717. The first-order valence-corrected chi connectivity index (χ1v) is 10.6. The molecule has 1 aromatic heterocycles. The van der Waals surface area contributed by atoms with Crippen LogP contribution in [0.4, 0.5) is 0 Å². The maximum atomic E-state index is 12.8. The fourth-order valence-corrected chi connectivity index (χ4v) is 4.09. The van der Waals surface area contributed by atoms with E-state index in [2.05, 4.69) is 0 Å².